The number of nitrogens with zero attached hydrogens (tertiary/aromatic N) is 2. The summed E-state index contributed by atoms with van der Waals surface area (Å²) in [6, 6.07) is 10.9. The summed E-state index contributed by atoms with van der Waals surface area (Å²) >= 11 is 0. The maximum Gasteiger partial charge on any atom is 0.245 e. The van der Waals surface area contributed by atoms with Gasteiger partial charge in [0, 0.05) is 24.3 Å². The van der Waals surface area contributed by atoms with Gasteiger partial charge < -0.3 is 5.32 Å². The van der Waals surface area contributed by atoms with E-state index in [1.165, 1.54) is 13.1 Å². The molecule has 0 atom stereocenters. The van der Waals surface area contributed by atoms with Crippen LogP contribution in [0.5, 0.6) is 0 Å². The number of nitrogens with one attached hydrogen (secondary N) is 1. The number of aryl methyl sites for hydroxylation is 4. The molecule has 1 aromatic heterocycles. The minimum atomic E-state index is -3.88. The van der Waals surface area contributed by atoms with Gasteiger partial charge in [0.1, 0.15) is 4.90 Å². The Morgan fingerprint density at radius 3 is 2.34 bits per heavy atom. The zero-order chi connectivity index (χ0) is 21.3. The number of hydrogen-bond acceptors (Lipinski definition) is 4. The van der Waals surface area contributed by atoms with Crippen LogP contribution in [0.3, 0.4) is 0 Å². The van der Waals surface area contributed by atoms with Gasteiger partial charge >= 0.3 is 0 Å². The van der Waals surface area contributed by atoms with Crippen LogP contribution in [-0.4, -0.2) is 37.2 Å². The van der Waals surface area contributed by atoms with Crippen molar-refractivity contribution >= 4 is 32.5 Å². The number of benzene rings is 2. The third-order valence-corrected chi connectivity index (χ3v) is 6.64. The molecule has 0 spiro atoms. The van der Waals surface area contributed by atoms with E-state index in [0.717, 1.165) is 31.9 Å². The van der Waals surface area contributed by atoms with Crippen molar-refractivity contribution in [2.24, 2.45) is 0 Å². The van der Waals surface area contributed by atoms with Crippen LogP contribution in [-0.2, 0) is 14.8 Å². The van der Waals surface area contributed by atoms with Gasteiger partial charge in [-0.05, 0) is 56.5 Å². The van der Waals surface area contributed by atoms with Gasteiger partial charge in [-0.2, -0.15) is 4.31 Å². The zero-order valence-electron chi connectivity index (χ0n) is 17.3. The van der Waals surface area contributed by atoms with Gasteiger partial charge in [0.05, 0.1) is 12.1 Å². The lowest BCUT2D eigenvalue weighted by atomic mass is 10.1. The number of likely N-dealkylation sites (N-methyl/N-ethyl adjacent to an activating group) is 1. The first kappa shape index (κ1) is 21.0. The Morgan fingerprint density at radius 1 is 1.03 bits per heavy atom. The largest absolute Gasteiger partial charge is 0.324 e. The van der Waals surface area contributed by atoms with E-state index in [0.29, 0.717) is 11.2 Å². The van der Waals surface area contributed by atoms with Crippen molar-refractivity contribution < 1.29 is 13.2 Å². The predicted molar refractivity (Wildman–Crippen MR) is 116 cm³/mol. The van der Waals surface area contributed by atoms with E-state index in [1.54, 1.807) is 12.3 Å². The second kappa shape index (κ2) is 7.93. The highest BCUT2D eigenvalue weighted by molar-refractivity contribution is 7.89. The predicted octanol–water partition coefficient (Wildman–Crippen LogP) is 3.73. The van der Waals surface area contributed by atoms with E-state index in [9.17, 15) is 13.2 Å². The molecule has 1 amide bonds. The lowest BCUT2D eigenvalue weighted by Gasteiger charge is -2.19. The third kappa shape index (κ3) is 4.31. The average Bonchev–Trinajstić information content (AvgIpc) is 2.63. The molecule has 0 radical (unpaired) electrons. The molecule has 0 bridgehead atoms. The molecule has 29 heavy (non-hydrogen) atoms. The lowest BCUT2D eigenvalue weighted by Crippen LogP contribution is -2.35. The molecule has 3 rings (SSSR count). The maximum atomic E-state index is 13.1. The van der Waals surface area contributed by atoms with E-state index < -0.39 is 15.9 Å². The average molecular weight is 412 g/mol. The number of sulfonamides is 1. The number of fused-ring (bicyclic) bond motifs is 1. The molecule has 0 aliphatic carbocycles. The van der Waals surface area contributed by atoms with E-state index in [1.807, 2.05) is 52.0 Å². The lowest BCUT2D eigenvalue weighted by molar-refractivity contribution is -0.116. The number of amides is 1. The Balaban J connectivity index is 1.85. The van der Waals surface area contributed by atoms with Gasteiger partial charge in [-0.3, -0.25) is 9.78 Å². The summed E-state index contributed by atoms with van der Waals surface area (Å²) < 4.78 is 27.3. The standard InChI is InChI=1S/C22H25N3O3S/c1-14-9-16(3)21(17(4)10-14)24-20(26)13-25(5)29(27,28)19-8-6-7-18-11-15(2)12-23-22(18)19/h6-12H,13H2,1-5H3,(H,24,26). The van der Waals surface area contributed by atoms with Gasteiger partial charge in [-0.1, -0.05) is 29.8 Å². The highest BCUT2D eigenvalue weighted by Gasteiger charge is 2.26. The molecule has 7 heteroatoms. The molecule has 3 aromatic rings. The van der Waals surface area contributed by atoms with Crippen LogP contribution >= 0.6 is 0 Å². The number of aromatic nitrogens is 1. The SMILES string of the molecule is Cc1cc(C)c(NC(=O)CN(C)S(=O)(=O)c2cccc3cc(C)cnc23)c(C)c1. The van der Waals surface area contributed by atoms with Crippen LogP contribution in [0.1, 0.15) is 22.3 Å². The Hall–Kier alpha value is -2.77. The Labute approximate surface area is 171 Å². The molecule has 0 saturated heterocycles. The summed E-state index contributed by atoms with van der Waals surface area (Å²) in [5.74, 6) is -0.393. The number of carbonyl (C=O) groups excluding carboxylic acids is 1. The molecular weight excluding hydrogens is 386 g/mol. The van der Waals surface area contributed by atoms with Crippen LogP contribution < -0.4 is 5.32 Å². The highest BCUT2D eigenvalue weighted by Crippen LogP contribution is 2.25. The minimum absolute atomic E-state index is 0.0907. The maximum absolute atomic E-state index is 13.1. The number of anilines is 1. The molecule has 1 N–H and O–H groups in total. The van der Waals surface area contributed by atoms with E-state index in [4.69, 9.17) is 0 Å². The van der Waals surface area contributed by atoms with Crippen LogP contribution in [0, 0.1) is 27.7 Å². The van der Waals surface area contributed by atoms with Crippen molar-refractivity contribution in [3.05, 3.63) is 64.8 Å². The molecule has 1 heterocycles. The van der Waals surface area contributed by atoms with Gasteiger partial charge in [-0.15, -0.1) is 0 Å². The van der Waals surface area contributed by atoms with Crippen molar-refractivity contribution in [3.63, 3.8) is 0 Å². The molecule has 0 aliphatic heterocycles. The van der Waals surface area contributed by atoms with Crippen molar-refractivity contribution in [1.82, 2.24) is 9.29 Å². The summed E-state index contributed by atoms with van der Waals surface area (Å²) in [6.45, 7) is 7.43. The number of para-hydroxylation sites is 1. The topological polar surface area (TPSA) is 79.4 Å². The number of hydrogen-bond donors (Lipinski definition) is 1. The first-order valence-corrected chi connectivity index (χ1v) is 10.7. The van der Waals surface area contributed by atoms with Crippen molar-refractivity contribution in [2.75, 3.05) is 18.9 Å². The minimum Gasteiger partial charge on any atom is -0.324 e. The van der Waals surface area contributed by atoms with Gasteiger partial charge in [0.25, 0.3) is 0 Å². The molecular formula is C22H25N3O3S. The summed E-state index contributed by atoms with van der Waals surface area (Å²) in [5.41, 5.74) is 5.05. The van der Waals surface area contributed by atoms with Gasteiger partial charge in [0.2, 0.25) is 15.9 Å². The summed E-state index contributed by atoms with van der Waals surface area (Å²) in [7, 11) is -2.48. The normalized spacial score (nSPS) is 11.8. The highest BCUT2D eigenvalue weighted by atomic mass is 32.2. The number of pyridine rings is 1. The summed E-state index contributed by atoms with van der Waals surface area (Å²) in [4.78, 5) is 17.0. The molecule has 0 saturated carbocycles. The second-order valence-electron chi connectivity index (χ2n) is 7.42. The molecule has 6 nitrogen and oxygen atoms in total. The first-order valence-electron chi connectivity index (χ1n) is 9.29. The smallest absolute Gasteiger partial charge is 0.245 e. The van der Waals surface area contributed by atoms with Crippen LogP contribution in [0.4, 0.5) is 5.69 Å². The fourth-order valence-corrected chi connectivity index (χ4v) is 4.75. The summed E-state index contributed by atoms with van der Waals surface area (Å²) in [6.07, 6.45) is 1.64. The molecule has 0 fully saturated rings. The number of rotatable bonds is 5. The Morgan fingerprint density at radius 2 is 1.69 bits per heavy atom. The molecule has 152 valence electrons. The Kier molecular flexibility index (Phi) is 5.73. The van der Waals surface area contributed by atoms with E-state index in [-0.39, 0.29) is 11.4 Å². The van der Waals surface area contributed by atoms with Crippen molar-refractivity contribution in [1.29, 1.82) is 0 Å². The molecule has 2 aromatic carbocycles. The van der Waals surface area contributed by atoms with E-state index >= 15 is 0 Å². The van der Waals surface area contributed by atoms with Crippen molar-refractivity contribution in [2.45, 2.75) is 32.6 Å². The zero-order valence-corrected chi connectivity index (χ0v) is 18.1. The molecule has 0 aliphatic rings. The van der Waals surface area contributed by atoms with Crippen LogP contribution in [0.15, 0.2) is 47.5 Å². The van der Waals surface area contributed by atoms with Crippen molar-refractivity contribution in [3.8, 4) is 0 Å². The van der Waals surface area contributed by atoms with Gasteiger partial charge in [0.15, 0.2) is 0 Å². The monoisotopic (exact) mass is 411 g/mol. The molecule has 0 unspecified atom stereocenters. The van der Waals surface area contributed by atoms with Crippen LogP contribution in [0.2, 0.25) is 0 Å². The number of carbonyl (C=O) groups is 1. The Bertz CT molecular complexity index is 1180. The quantitative estimate of drug-likeness (QED) is 0.694. The van der Waals surface area contributed by atoms with Gasteiger partial charge in [-0.25, -0.2) is 8.42 Å². The van der Waals surface area contributed by atoms with Crippen LogP contribution in [0.25, 0.3) is 10.9 Å². The third-order valence-electron chi connectivity index (χ3n) is 4.81. The van der Waals surface area contributed by atoms with E-state index in [2.05, 4.69) is 10.3 Å². The summed E-state index contributed by atoms with van der Waals surface area (Å²) in [5, 5.41) is 3.59. The first-order chi connectivity index (χ1) is 13.6. The fraction of sp³-hybridized carbons (Fsp3) is 0.273. The second-order valence-corrected chi connectivity index (χ2v) is 9.44. The fourth-order valence-electron chi connectivity index (χ4n) is 3.46.